The molecule has 0 atom stereocenters. The van der Waals surface area contributed by atoms with Crippen LogP contribution in [0, 0.1) is 0 Å². The lowest BCUT2D eigenvalue weighted by molar-refractivity contribution is -0.116. The fraction of sp³-hybridized carbons (Fsp3) is 0.280. The van der Waals surface area contributed by atoms with Crippen LogP contribution in [0.25, 0.3) is 10.9 Å². The fourth-order valence-electron chi connectivity index (χ4n) is 4.27. The Kier molecular flexibility index (Phi) is 6.78. The summed E-state index contributed by atoms with van der Waals surface area (Å²) in [5.74, 6) is 0.579. The lowest BCUT2D eigenvalue weighted by Gasteiger charge is -2.36. The number of anilines is 2. The number of methoxy groups -OCH3 is 1. The Morgan fingerprint density at radius 2 is 1.89 bits per heavy atom. The number of hydrogen-bond donors (Lipinski definition) is 1. The highest BCUT2D eigenvalue weighted by molar-refractivity contribution is 6.31. The van der Waals surface area contributed by atoms with Gasteiger partial charge in [0.25, 0.3) is 0 Å². The third-order valence-corrected chi connectivity index (χ3v) is 6.28. The summed E-state index contributed by atoms with van der Waals surface area (Å²) < 4.78 is 6.70. The molecule has 35 heavy (non-hydrogen) atoms. The third kappa shape index (κ3) is 5.52. The number of rotatable bonds is 7. The minimum atomic E-state index is -0.161. The number of ether oxygens (including phenoxy) is 1. The van der Waals surface area contributed by atoms with Gasteiger partial charge >= 0.3 is 0 Å². The van der Waals surface area contributed by atoms with Crippen molar-refractivity contribution in [3.05, 3.63) is 71.6 Å². The van der Waals surface area contributed by atoms with Gasteiger partial charge in [0, 0.05) is 60.7 Å². The summed E-state index contributed by atoms with van der Waals surface area (Å²) in [4.78, 5) is 21.5. The molecule has 1 N–H and O–H groups in total. The van der Waals surface area contributed by atoms with Crippen LogP contribution in [0.2, 0.25) is 5.02 Å². The van der Waals surface area contributed by atoms with Gasteiger partial charge in [0.1, 0.15) is 12.3 Å². The van der Waals surface area contributed by atoms with Gasteiger partial charge in [-0.05, 0) is 48.5 Å². The normalized spacial score (nSPS) is 14.3. The summed E-state index contributed by atoms with van der Waals surface area (Å²) in [5, 5.41) is 13.0. The van der Waals surface area contributed by atoms with Crippen molar-refractivity contribution < 1.29 is 9.53 Å². The van der Waals surface area contributed by atoms with Gasteiger partial charge in [-0.2, -0.15) is 0 Å². The lowest BCUT2D eigenvalue weighted by Crippen LogP contribution is -2.46. The van der Waals surface area contributed by atoms with E-state index in [2.05, 4.69) is 36.5 Å². The van der Waals surface area contributed by atoms with E-state index in [-0.39, 0.29) is 12.5 Å². The van der Waals surface area contributed by atoms with Crippen LogP contribution in [0.5, 0.6) is 5.75 Å². The van der Waals surface area contributed by atoms with Crippen LogP contribution in [0.15, 0.2) is 60.9 Å². The highest BCUT2D eigenvalue weighted by Crippen LogP contribution is 2.28. The zero-order valence-electron chi connectivity index (χ0n) is 19.4. The van der Waals surface area contributed by atoms with Crippen LogP contribution in [-0.4, -0.2) is 64.1 Å². The minimum Gasteiger partial charge on any atom is -0.497 e. The van der Waals surface area contributed by atoms with Crippen molar-refractivity contribution in [2.45, 2.75) is 13.1 Å². The maximum absolute atomic E-state index is 12.4. The second-order valence-corrected chi connectivity index (χ2v) is 8.88. The zero-order chi connectivity index (χ0) is 24.2. The van der Waals surface area contributed by atoms with E-state index >= 15 is 0 Å². The number of aromatic nitrogens is 4. The summed E-state index contributed by atoms with van der Waals surface area (Å²) >= 11 is 6.13. The molecule has 9 nitrogen and oxygen atoms in total. The van der Waals surface area contributed by atoms with Crippen molar-refractivity contribution in [2.24, 2.45) is 0 Å². The van der Waals surface area contributed by atoms with E-state index in [1.165, 1.54) is 5.69 Å². The number of hydrogen-bond acceptors (Lipinski definition) is 7. The van der Waals surface area contributed by atoms with Gasteiger partial charge in [-0.1, -0.05) is 16.8 Å². The number of benzene rings is 2. The predicted octanol–water partition coefficient (Wildman–Crippen LogP) is 3.45. The van der Waals surface area contributed by atoms with Crippen molar-refractivity contribution in [3.8, 4) is 5.75 Å². The average molecular weight is 492 g/mol. The summed E-state index contributed by atoms with van der Waals surface area (Å²) in [6.45, 7) is 4.41. The van der Waals surface area contributed by atoms with Crippen molar-refractivity contribution >= 4 is 39.8 Å². The van der Waals surface area contributed by atoms with Crippen LogP contribution in [0.4, 0.5) is 11.4 Å². The largest absolute Gasteiger partial charge is 0.497 e. The smallest absolute Gasteiger partial charge is 0.246 e. The molecule has 4 aromatic rings. The molecule has 2 aromatic heterocycles. The Bertz CT molecular complexity index is 1320. The standard InChI is InChI=1S/C25H26ClN7O2/c1-35-21-5-3-19(4-6-21)28-25(34)17-33-16-20(29-30-33)15-31-10-12-32(13-11-31)24-8-9-27-23-14-18(26)2-7-22(23)24/h2-9,14,16H,10-13,15,17H2,1H3,(H,28,34). The van der Waals surface area contributed by atoms with Gasteiger partial charge in [-0.25, -0.2) is 4.68 Å². The first-order chi connectivity index (χ1) is 17.1. The first-order valence-corrected chi connectivity index (χ1v) is 11.8. The molecular formula is C25H26ClN7O2. The van der Waals surface area contributed by atoms with Crippen molar-refractivity contribution in [1.29, 1.82) is 0 Å². The molecule has 0 saturated carbocycles. The summed E-state index contributed by atoms with van der Waals surface area (Å²) in [7, 11) is 1.61. The summed E-state index contributed by atoms with van der Waals surface area (Å²) in [6.07, 6.45) is 3.67. The molecule has 0 bridgehead atoms. The van der Waals surface area contributed by atoms with E-state index in [0.717, 1.165) is 48.5 Å². The van der Waals surface area contributed by atoms with E-state index in [9.17, 15) is 4.79 Å². The molecule has 1 fully saturated rings. The first-order valence-electron chi connectivity index (χ1n) is 11.4. The molecule has 0 spiro atoms. The van der Waals surface area contributed by atoms with E-state index in [0.29, 0.717) is 17.3 Å². The molecule has 0 radical (unpaired) electrons. The number of carbonyl (C=O) groups is 1. The van der Waals surface area contributed by atoms with Gasteiger partial charge in [-0.3, -0.25) is 14.7 Å². The molecule has 3 heterocycles. The number of nitrogens with one attached hydrogen (secondary N) is 1. The Morgan fingerprint density at radius 1 is 1.09 bits per heavy atom. The Hall–Kier alpha value is -3.69. The number of amides is 1. The van der Waals surface area contributed by atoms with Crippen LogP contribution in [0.3, 0.4) is 0 Å². The SMILES string of the molecule is COc1ccc(NC(=O)Cn2cc(CN3CCN(c4ccnc5cc(Cl)ccc45)CC3)nn2)cc1. The molecular weight excluding hydrogens is 466 g/mol. The van der Waals surface area contributed by atoms with Crippen molar-refractivity contribution in [2.75, 3.05) is 43.5 Å². The van der Waals surface area contributed by atoms with Gasteiger partial charge < -0.3 is 15.0 Å². The van der Waals surface area contributed by atoms with Gasteiger partial charge in [0.2, 0.25) is 5.91 Å². The maximum Gasteiger partial charge on any atom is 0.246 e. The Morgan fingerprint density at radius 3 is 2.66 bits per heavy atom. The molecule has 10 heteroatoms. The first kappa shape index (κ1) is 23.1. The number of carbonyl (C=O) groups excluding carboxylic acids is 1. The van der Waals surface area contributed by atoms with Crippen LogP contribution in [0.1, 0.15) is 5.69 Å². The monoisotopic (exact) mass is 491 g/mol. The van der Waals surface area contributed by atoms with Gasteiger partial charge in [-0.15, -0.1) is 5.10 Å². The topological polar surface area (TPSA) is 88.4 Å². The Labute approximate surface area is 208 Å². The fourth-order valence-corrected chi connectivity index (χ4v) is 4.43. The number of piperazine rings is 1. The molecule has 180 valence electrons. The highest BCUT2D eigenvalue weighted by atomic mass is 35.5. The molecule has 0 aliphatic carbocycles. The van der Waals surface area contributed by atoms with E-state index in [4.69, 9.17) is 16.3 Å². The molecule has 0 unspecified atom stereocenters. The van der Waals surface area contributed by atoms with E-state index in [1.807, 2.05) is 30.6 Å². The molecule has 2 aromatic carbocycles. The second kappa shape index (κ2) is 10.3. The van der Waals surface area contributed by atoms with Crippen molar-refractivity contribution in [1.82, 2.24) is 24.9 Å². The minimum absolute atomic E-state index is 0.103. The predicted molar refractivity (Wildman–Crippen MR) is 136 cm³/mol. The molecule has 1 aliphatic rings. The van der Waals surface area contributed by atoms with E-state index < -0.39 is 0 Å². The number of fused-ring (bicyclic) bond motifs is 1. The number of pyridine rings is 1. The third-order valence-electron chi connectivity index (χ3n) is 6.05. The van der Waals surface area contributed by atoms with Crippen LogP contribution < -0.4 is 15.0 Å². The molecule has 5 rings (SSSR count). The summed E-state index contributed by atoms with van der Waals surface area (Å²) in [6, 6.07) is 15.1. The number of halogens is 1. The van der Waals surface area contributed by atoms with Gasteiger partial charge in [0.05, 0.1) is 24.5 Å². The average Bonchev–Trinajstić information content (AvgIpc) is 3.30. The second-order valence-electron chi connectivity index (χ2n) is 8.44. The maximum atomic E-state index is 12.4. The highest BCUT2D eigenvalue weighted by Gasteiger charge is 2.20. The lowest BCUT2D eigenvalue weighted by atomic mass is 10.1. The Balaban J connectivity index is 1.13. The van der Waals surface area contributed by atoms with Crippen LogP contribution in [-0.2, 0) is 17.9 Å². The quantitative estimate of drug-likeness (QED) is 0.423. The molecule has 1 saturated heterocycles. The van der Waals surface area contributed by atoms with Crippen LogP contribution >= 0.6 is 11.6 Å². The van der Waals surface area contributed by atoms with Crippen molar-refractivity contribution in [3.63, 3.8) is 0 Å². The molecule has 1 amide bonds. The van der Waals surface area contributed by atoms with E-state index in [1.54, 1.807) is 36.1 Å². The zero-order valence-corrected chi connectivity index (χ0v) is 20.1. The van der Waals surface area contributed by atoms with Gasteiger partial charge in [0.15, 0.2) is 0 Å². The summed E-state index contributed by atoms with van der Waals surface area (Å²) in [5.41, 5.74) is 3.64. The molecule has 1 aliphatic heterocycles. The number of nitrogens with zero attached hydrogens (tertiary/aromatic N) is 6.